The van der Waals surface area contributed by atoms with E-state index in [2.05, 4.69) is 10.3 Å². The van der Waals surface area contributed by atoms with Gasteiger partial charge in [-0.3, -0.25) is 14.5 Å². The maximum atomic E-state index is 12.5. The Balaban J connectivity index is 1.71. The van der Waals surface area contributed by atoms with Crippen molar-refractivity contribution in [3.63, 3.8) is 0 Å². The Morgan fingerprint density at radius 3 is 2.97 bits per heavy atom. The SMILES string of the molecule is COc1c(Cl)cccc1CN(C)C(=O)/C=C/c1cnc2c(c1)CN(C)CC(=O)N2. The molecule has 0 spiro atoms. The van der Waals surface area contributed by atoms with Crippen LogP contribution in [-0.2, 0) is 22.7 Å². The Labute approximate surface area is 174 Å². The minimum atomic E-state index is -0.160. The Morgan fingerprint density at radius 1 is 1.41 bits per heavy atom. The van der Waals surface area contributed by atoms with Crippen LogP contribution in [0.3, 0.4) is 0 Å². The molecular formula is C21H23ClN4O3. The summed E-state index contributed by atoms with van der Waals surface area (Å²) in [6.07, 6.45) is 4.85. The molecule has 0 saturated heterocycles. The first-order chi connectivity index (χ1) is 13.9. The number of likely N-dealkylation sites (N-methyl/N-ethyl adjacent to an activating group) is 2. The van der Waals surface area contributed by atoms with Crippen LogP contribution in [0.5, 0.6) is 5.75 Å². The Bertz CT molecular complexity index is 961. The first kappa shape index (κ1) is 20.8. The number of amides is 2. The first-order valence-corrected chi connectivity index (χ1v) is 9.47. The number of nitrogens with one attached hydrogen (secondary N) is 1. The summed E-state index contributed by atoms with van der Waals surface area (Å²) in [5.41, 5.74) is 2.52. The molecule has 1 aromatic carbocycles. The van der Waals surface area contributed by atoms with Crippen LogP contribution in [0.15, 0.2) is 36.5 Å². The van der Waals surface area contributed by atoms with Crippen LogP contribution in [0.1, 0.15) is 16.7 Å². The van der Waals surface area contributed by atoms with Crippen LogP contribution in [0, 0.1) is 0 Å². The summed E-state index contributed by atoms with van der Waals surface area (Å²) in [5.74, 6) is 0.884. The lowest BCUT2D eigenvalue weighted by Crippen LogP contribution is -2.26. The minimum Gasteiger partial charge on any atom is -0.495 e. The van der Waals surface area contributed by atoms with Gasteiger partial charge in [-0.25, -0.2) is 4.98 Å². The van der Waals surface area contributed by atoms with Gasteiger partial charge in [-0.05, 0) is 30.8 Å². The number of rotatable bonds is 5. The number of para-hydroxylation sites is 1. The van der Waals surface area contributed by atoms with Crippen molar-refractivity contribution < 1.29 is 14.3 Å². The summed E-state index contributed by atoms with van der Waals surface area (Å²) >= 11 is 6.14. The van der Waals surface area contributed by atoms with Crippen molar-refractivity contribution in [2.24, 2.45) is 0 Å². The average Bonchev–Trinajstić information content (AvgIpc) is 2.81. The summed E-state index contributed by atoms with van der Waals surface area (Å²) in [5, 5.41) is 3.30. The number of carbonyl (C=O) groups excluding carboxylic acids is 2. The number of carbonyl (C=O) groups is 2. The molecule has 8 heteroatoms. The molecule has 1 N–H and O–H groups in total. The van der Waals surface area contributed by atoms with Crippen molar-refractivity contribution in [1.29, 1.82) is 0 Å². The quantitative estimate of drug-likeness (QED) is 0.761. The standard InChI is InChI=1S/C21H23ClN4O3/c1-25-11-16-9-14(10-23-21(16)24-18(27)13-25)7-8-19(28)26(2)12-15-5-4-6-17(22)20(15)29-3/h4-10H,11-13H2,1-3H3,(H,23,24,27)/b8-7+. The molecule has 7 nitrogen and oxygen atoms in total. The Kier molecular flexibility index (Phi) is 6.51. The van der Waals surface area contributed by atoms with Crippen LogP contribution in [0.4, 0.5) is 5.82 Å². The van der Waals surface area contributed by atoms with Gasteiger partial charge in [-0.2, -0.15) is 0 Å². The van der Waals surface area contributed by atoms with E-state index in [1.807, 2.05) is 30.1 Å². The molecule has 2 aromatic rings. The number of anilines is 1. The number of hydrogen-bond acceptors (Lipinski definition) is 5. The molecule has 2 amide bonds. The van der Waals surface area contributed by atoms with Crippen molar-refractivity contribution in [3.8, 4) is 5.75 Å². The lowest BCUT2D eigenvalue weighted by Gasteiger charge is -2.18. The molecule has 1 aliphatic heterocycles. The molecule has 152 valence electrons. The van der Waals surface area contributed by atoms with Gasteiger partial charge in [-0.1, -0.05) is 23.7 Å². The van der Waals surface area contributed by atoms with Crippen molar-refractivity contribution in [1.82, 2.24) is 14.8 Å². The van der Waals surface area contributed by atoms with Crippen LogP contribution < -0.4 is 10.1 Å². The highest BCUT2D eigenvalue weighted by Crippen LogP contribution is 2.29. The molecule has 0 saturated carbocycles. The molecule has 1 aliphatic rings. The fourth-order valence-electron chi connectivity index (χ4n) is 3.15. The summed E-state index contributed by atoms with van der Waals surface area (Å²) in [6.45, 7) is 1.29. The van der Waals surface area contributed by atoms with Crippen LogP contribution in [0.25, 0.3) is 6.08 Å². The number of methoxy groups -OCH3 is 1. The molecule has 0 bridgehead atoms. The highest BCUT2D eigenvalue weighted by atomic mass is 35.5. The molecule has 0 radical (unpaired) electrons. The second kappa shape index (κ2) is 9.07. The van der Waals surface area contributed by atoms with Gasteiger partial charge in [-0.15, -0.1) is 0 Å². The molecule has 29 heavy (non-hydrogen) atoms. The van der Waals surface area contributed by atoms with Gasteiger partial charge in [0.05, 0.1) is 18.7 Å². The number of fused-ring (bicyclic) bond motifs is 1. The fourth-order valence-corrected chi connectivity index (χ4v) is 3.42. The molecule has 1 aromatic heterocycles. The third-order valence-electron chi connectivity index (χ3n) is 4.55. The minimum absolute atomic E-state index is 0.0877. The van der Waals surface area contributed by atoms with Gasteiger partial charge in [0.2, 0.25) is 11.8 Å². The highest BCUT2D eigenvalue weighted by molar-refractivity contribution is 6.32. The Morgan fingerprint density at radius 2 is 2.21 bits per heavy atom. The average molecular weight is 415 g/mol. The summed E-state index contributed by atoms with van der Waals surface area (Å²) in [7, 11) is 5.14. The van der Waals surface area contributed by atoms with Crippen LogP contribution in [0.2, 0.25) is 5.02 Å². The molecule has 0 atom stereocenters. The van der Waals surface area contributed by atoms with Gasteiger partial charge in [0, 0.05) is 43.5 Å². The van der Waals surface area contributed by atoms with E-state index in [0.29, 0.717) is 36.2 Å². The van der Waals surface area contributed by atoms with Crippen molar-refractivity contribution >= 4 is 35.3 Å². The fraction of sp³-hybridized carbons (Fsp3) is 0.286. The molecule has 0 fully saturated rings. The largest absolute Gasteiger partial charge is 0.495 e. The first-order valence-electron chi connectivity index (χ1n) is 9.09. The zero-order valence-corrected chi connectivity index (χ0v) is 17.4. The highest BCUT2D eigenvalue weighted by Gasteiger charge is 2.17. The van der Waals surface area contributed by atoms with E-state index >= 15 is 0 Å². The van der Waals surface area contributed by atoms with E-state index in [1.165, 1.54) is 6.08 Å². The number of nitrogens with zero attached hydrogens (tertiary/aromatic N) is 3. The summed E-state index contributed by atoms with van der Waals surface area (Å²) in [4.78, 5) is 32.1. The predicted octanol–water partition coefficient (Wildman–Crippen LogP) is 2.80. The number of ether oxygens (including phenoxy) is 1. The van der Waals surface area contributed by atoms with E-state index in [4.69, 9.17) is 16.3 Å². The maximum absolute atomic E-state index is 12.5. The van der Waals surface area contributed by atoms with Crippen molar-refractivity contribution in [2.45, 2.75) is 13.1 Å². The monoisotopic (exact) mass is 414 g/mol. The van der Waals surface area contributed by atoms with E-state index < -0.39 is 0 Å². The summed E-state index contributed by atoms with van der Waals surface area (Å²) in [6, 6.07) is 7.37. The number of aromatic nitrogens is 1. The van der Waals surface area contributed by atoms with E-state index in [-0.39, 0.29) is 11.8 Å². The molecular weight excluding hydrogens is 392 g/mol. The number of hydrogen-bond donors (Lipinski definition) is 1. The normalized spacial score (nSPS) is 14.3. The second-order valence-corrected chi connectivity index (χ2v) is 7.36. The van der Waals surface area contributed by atoms with Gasteiger partial charge in [0.15, 0.2) is 0 Å². The van der Waals surface area contributed by atoms with Crippen LogP contribution in [-0.4, -0.2) is 54.3 Å². The predicted molar refractivity (Wildman–Crippen MR) is 113 cm³/mol. The third kappa shape index (κ3) is 5.13. The third-order valence-corrected chi connectivity index (χ3v) is 4.85. The number of benzene rings is 1. The van der Waals surface area contributed by atoms with Gasteiger partial charge >= 0.3 is 0 Å². The van der Waals surface area contributed by atoms with E-state index in [0.717, 1.165) is 16.7 Å². The van der Waals surface area contributed by atoms with Gasteiger partial charge in [0.25, 0.3) is 0 Å². The molecule has 3 rings (SSSR count). The molecule has 0 aliphatic carbocycles. The van der Waals surface area contributed by atoms with Crippen molar-refractivity contribution in [2.75, 3.05) is 33.1 Å². The number of halogens is 1. The lowest BCUT2D eigenvalue weighted by molar-refractivity contribution is -0.125. The zero-order valence-electron chi connectivity index (χ0n) is 16.6. The Hall–Kier alpha value is -2.90. The number of pyridine rings is 1. The van der Waals surface area contributed by atoms with E-state index in [9.17, 15) is 9.59 Å². The van der Waals surface area contributed by atoms with Crippen LogP contribution >= 0.6 is 11.6 Å². The van der Waals surface area contributed by atoms with Crippen molar-refractivity contribution in [3.05, 3.63) is 58.3 Å². The van der Waals surface area contributed by atoms with Gasteiger partial charge < -0.3 is 15.0 Å². The lowest BCUT2D eigenvalue weighted by atomic mass is 10.1. The topological polar surface area (TPSA) is 74.8 Å². The second-order valence-electron chi connectivity index (χ2n) is 6.96. The van der Waals surface area contributed by atoms with E-state index in [1.54, 1.807) is 37.4 Å². The smallest absolute Gasteiger partial charge is 0.246 e. The maximum Gasteiger partial charge on any atom is 0.246 e. The summed E-state index contributed by atoms with van der Waals surface area (Å²) < 4.78 is 5.34. The molecule has 0 unspecified atom stereocenters. The molecule has 2 heterocycles. The van der Waals surface area contributed by atoms with Gasteiger partial charge in [0.1, 0.15) is 11.6 Å². The zero-order chi connectivity index (χ0) is 21.0.